The van der Waals surface area contributed by atoms with Crippen LogP contribution in [0.1, 0.15) is 48.5 Å². The van der Waals surface area contributed by atoms with Crippen molar-refractivity contribution in [2.75, 3.05) is 20.1 Å². The zero-order chi connectivity index (χ0) is 12.3. The van der Waals surface area contributed by atoms with E-state index in [1.165, 1.54) is 0 Å². The summed E-state index contributed by atoms with van der Waals surface area (Å²) < 4.78 is 0. The molecule has 0 heterocycles. The molecule has 0 amide bonds. The van der Waals surface area contributed by atoms with E-state index >= 15 is 0 Å². The first-order valence-electron chi connectivity index (χ1n) is 5.99. The summed E-state index contributed by atoms with van der Waals surface area (Å²) in [5, 5.41) is 3.52. The van der Waals surface area contributed by atoms with E-state index in [2.05, 4.69) is 65.7 Å². The summed E-state index contributed by atoms with van der Waals surface area (Å²) in [7, 11) is 2.21. The molecule has 0 aliphatic carbocycles. The molecule has 0 rings (SSSR count). The molecule has 0 aliphatic heterocycles. The van der Waals surface area contributed by atoms with Crippen molar-refractivity contribution >= 4 is 0 Å². The van der Waals surface area contributed by atoms with Gasteiger partial charge in [-0.2, -0.15) is 0 Å². The molecule has 0 bridgehead atoms. The summed E-state index contributed by atoms with van der Waals surface area (Å²) in [6.45, 7) is 18.0. The van der Waals surface area contributed by atoms with E-state index < -0.39 is 0 Å². The van der Waals surface area contributed by atoms with E-state index in [-0.39, 0.29) is 5.54 Å². The molecule has 0 saturated heterocycles. The molecular formula is C13H30N2. The normalized spacial score (nSPS) is 15.8. The Morgan fingerprint density at radius 3 is 1.87 bits per heavy atom. The third-order valence-corrected chi connectivity index (χ3v) is 3.03. The van der Waals surface area contributed by atoms with Crippen molar-refractivity contribution in [3.05, 3.63) is 0 Å². The van der Waals surface area contributed by atoms with Gasteiger partial charge in [-0.3, -0.25) is 0 Å². The second kappa shape index (κ2) is 5.31. The number of likely N-dealkylation sites (N-methyl/N-ethyl adjacent to an activating group) is 1. The summed E-state index contributed by atoms with van der Waals surface area (Å²) in [6.07, 6.45) is 0. The van der Waals surface area contributed by atoms with E-state index in [9.17, 15) is 0 Å². The van der Waals surface area contributed by atoms with E-state index in [0.29, 0.717) is 11.5 Å². The molecule has 0 aromatic heterocycles. The minimum atomic E-state index is 0.228. The topological polar surface area (TPSA) is 15.3 Å². The van der Waals surface area contributed by atoms with Crippen molar-refractivity contribution in [1.29, 1.82) is 0 Å². The third-order valence-electron chi connectivity index (χ3n) is 3.03. The van der Waals surface area contributed by atoms with Crippen LogP contribution in [-0.4, -0.2) is 36.6 Å². The van der Waals surface area contributed by atoms with Gasteiger partial charge in [0.15, 0.2) is 0 Å². The molecule has 0 radical (unpaired) electrons. The van der Waals surface area contributed by atoms with Gasteiger partial charge in [-0.15, -0.1) is 0 Å². The Bertz CT molecular complexity index is 174. The number of rotatable bonds is 4. The molecule has 1 N–H and O–H groups in total. The van der Waals surface area contributed by atoms with Gasteiger partial charge in [-0.25, -0.2) is 0 Å². The summed E-state index contributed by atoms with van der Waals surface area (Å²) in [6, 6.07) is 0.610. The van der Waals surface area contributed by atoms with Crippen LogP contribution in [0.4, 0.5) is 0 Å². The second-order valence-electron chi connectivity index (χ2n) is 6.70. The lowest BCUT2D eigenvalue weighted by molar-refractivity contribution is 0.139. The molecule has 0 aromatic rings. The van der Waals surface area contributed by atoms with Crippen LogP contribution in [0.2, 0.25) is 0 Å². The molecule has 0 saturated carbocycles. The molecule has 1 atom stereocenters. The predicted octanol–water partition coefficient (Wildman–Crippen LogP) is 2.74. The van der Waals surface area contributed by atoms with Crippen LogP contribution in [0, 0.1) is 5.41 Å². The Kier molecular flexibility index (Phi) is 5.28. The first-order chi connectivity index (χ1) is 6.54. The van der Waals surface area contributed by atoms with E-state index in [1.807, 2.05) is 0 Å². The average molecular weight is 214 g/mol. The summed E-state index contributed by atoms with van der Waals surface area (Å²) in [4.78, 5) is 2.43. The molecular weight excluding hydrogens is 184 g/mol. The lowest BCUT2D eigenvalue weighted by Gasteiger charge is -2.36. The Morgan fingerprint density at radius 1 is 1.07 bits per heavy atom. The fourth-order valence-corrected chi connectivity index (χ4v) is 1.46. The van der Waals surface area contributed by atoms with E-state index in [4.69, 9.17) is 0 Å². The highest BCUT2D eigenvalue weighted by Crippen LogP contribution is 2.22. The van der Waals surface area contributed by atoms with Gasteiger partial charge in [0.1, 0.15) is 0 Å². The van der Waals surface area contributed by atoms with Gasteiger partial charge in [0.25, 0.3) is 0 Å². The second-order valence-corrected chi connectivity index (χ2v) is 6.70. The molecule has 2 heteroatoms. The minimum Gasteiger partial charge on any atom is -0.311 e. The van der Waals surface area contributed by atoms with Crippen molar-refractivity contribution in [1.82, 2.24) is 10.2 Å². The number of nitrogens with zero attached hydrogens (tertiary/aromatic N) is 1. The molecule has 2 nitrogen and oxygen atoms in total. The van der Waals surface area contributed by atoms with Gasteiger partial charge in [-0.05, 0) is 40.2 Å². The molecule has 0 aromatic carbocycles. The monoisotopic (exact) mass is 214 g/mol. The minimum absolute atomic E-state index is 0.228. The van der Waals surface area contributed by atoms with Gasteiger partial charge in [0, 0.05) is 24.7 Å². The van der Waals surface area contributed by atoms with Gasteiger partial charge in [0.2, 0.25) is 0 Å². The highest BCUT2D eigenvalue weighted by molar-refractivity contribution is 4.78. The van der Waals surface area contributed by atoms with Crippen LogP contribution in [0.25, 0.3) is 0 Å². The lowest BCUT2D eigenvalue weighted by Crippen LogP contribution is -2.45. The van der Waals surface area contributed by atoms with Crippen LogP contribution in [-0.2, 0) is 0 Å². The quantitative estimate of drug-likeness (QED) is 0.774. The van der Waals surface area contributed by atoms with Crippen LogP contribution in [0.15, 0.2) is 0 Å². The maximum atomic E-state index is 3.52. The molecule has 0 spiro atoms. The fraction of sp³-hybridized carbons (Fsp3) is 1.00. The molecule has 92 valence electrons. The van der Waals surface area contributed by atoms with E-state index in [0.717, 1.165) is 13.1 Å². The summed E-state index contributed by atoms with van der Waals surface area (Å²) in [5.74, 6) is 0. The standard InChI is InChI=1S/C13H30N2/c1-11(12(2,3)4)15(8)10-9-14-13(5,6)7/h11,14H,9-10H2,1-8H3. The molecule has 1 unspecified atom stereocenters. The smallest absolute Gasteiger partial charge is 0.0113 e. The van der Waals surface area contributed by atoms with Crippen LogP contribution in [0.3, 0.4) is 0 Å². The van der Waals surface area contributed by atoms with Crippen LogP contribution < -0.4 is 5.32 Å². The fourth-order valence-electron chi connectivity index (χ4n) is 1.46. The van der Waals surface area contributed by atoms with Crippen molar-refractivity contribution in [3.63, 3.8) is 0 Å². The van der Waals surface area contributed by atoms with Crippen molar-refractivity contribution in [2.45, 2.75) is 60.0 Å². The van der Waals surface area contributed by atoms with Gasteiger partial charge in [-0.1, -0.05) is 20.8 Å². The highest BCUT2D eigenvalue weighted by Gasteiger charge is 2.23. The SMILES string of the molecule is CC(N(C)CCNC(C)(C)C)C(C)(C)C. The van der Waals surface area contributed by atoms with Crippen molar-refractivity contribution in [3.8, 4) is 0 Å². The van der Waals surface area contributed by atoms with Crippen LogP contribution >= 0.6 is 0 Å². The Morgan fingerprint density at radius 2 is 1.53 bits per heavy atom. The molecule has 0 aliphatic rings. The zero-order valence-electron chi connectivity index (χ0n) is 11.9. The first-order valence-corrected chi connectivity index (χ1v) is 5.99. The van der Waals surface area contributed by atoms with E-state index in [1.54, 1.807) is 0 Å². The van der Waals surface area contributed by atoms with Gasteiger partial charge < -0.3 is 10.2 Å². The zero-order valence-corrected chi connectivity index (χ0v) is 11.9. The number of nitrogens with one attached hydrogen (secondary N) is 1. The third kappa shape index (κ3) is 6.91. The first kappa shape index (κ1) is 14.9. The Hall–Kier alpha value is -0.0800. The lowest BCUT2D eigenvalue weighted by atomic mass is 9.87. The van der Waals surface area contributed by atoms with Crippen molar-refractivity contribution < 1.29 is 0 Å². The maximum Gasteiger partial charge on any atom is 0.0113 e. The highest BCUT2D eigenvalue weighted by atomic mass is 15.1. The largest absolute Gasteiger partial charge is 0.311 e. The average Bonchev–Trinajstić information content (AvgIpc) is 1.98. The molecule has 0 fully saturated rings. The van der Waals surface area contributed by atoms with Crippen LogP contribution in [0.5, 0.6) is 0 Å². The number of hydrogen-bond acceptors (Lipinski definition) is 2. The number of hydrogen-bond donors (Lipinski definition) is 1. The predicted molar refractivity (Wildman–Crippen MR) is 69.3 cm³/mol. The molecule has 15 heavy (non-hydrogen) atoms. The van der Waals surface area contributed by atoms with Crippen molar-refractivity contribution in [2.24, 2.45) is 5.41 Å². The van der Waals surface area contributed by atoms with Gasteiger partial charge >= 0.3 is 0 Å². The van der Waals surface area contributed by atoms with Gasteiger partial charge in [0.05, 0.1) is 0 Å². The Labute approximate surface area is 96.4 Å². The maximum absolute atomic E-state index is 3.52. The summed E-state index contributed by atoms with van der Waals surface area (Å²) in [5.41, 5.74) is 0.586. The Balaban J connectivity index is 3.90. The summed E-state index contributed by atoms with van der Waals surface area (Å²) >= 11 is 0.